The summed E-state index contributed by atoms with van der Waals surface area (Å²) >= 11 is 5.64. The average molecular weight is 448 g/mol. The molecule has 1 unspecified atom stereocenters. The molecular formula is C16H16BrFIN. The van der Waals surface area contributed by atoms with Gasteiger partial charge in [-0.25, -0.2) is 4.39 Å². The van der Waals surface area contributed by atoms with Gasteiger partial charge in [0.2, 0.25) is 0 Å². The zero-order chi connectivity index (χ0) is 14.5. The highest BCUT2D eigenvalue weighted by atomic mass is 127. The SMILES string of the molecule is CCNC(Cc1cc(F)cc(Br)c1)c1ccc(I)cc1. The molecule has 0 aliphatic carbocycles. The summed E-state index contributed by atoms with van der Waals surface area (Å²) in [5, 5.41) is 3.47. The van der Waals surface area contributed by atoms with Crippen molar-refractivity contribution < 1.29 is 4.39 Å². The second-order valence-electron chi connectivity index (χ2n) is 4.64. The van der Waals surface area contributed by atoms with E-state index in [0.717, 1.165) is 23.0 Å². The molecular weight excluding hydrogens is 432 g/mol. The maximum atomic E-state index is 13.5. The molecule has 2 aromatic rings. The number of halogens is 3. The number of likely N-dealkylation sites (N-methyl/N-ethyl adjacent to an activating group) is 1. The third-order valence-electron chi connectivity index (χ3n) is 3.09. The minimum Gasteiger partial charge on any atom is -0.310 e. The van der Waals surface area contributed by atoms with Crippen LogP contribution >= 0.6 is 38.5 Å². The molecule has 4 heteroatoms. The van der Waals surface area contributed by atoms with Gasteiger partial charge in [0.05, 0.1) is 0 Å². The van der Waals surface area contributed by atoms with Gasteiger partial charge < -0.3 is 5.32 Å². The van der Waals surface area contributed by atoms with E-state index < -0.39 is 0 Å². The van der Waals surface area contributed by atoms with E-state index in [1.807, 2.05) is 6.07 Å². The Morgan fingerprint density at radius 3 is 2.50 bits per heavy atom. The number of hydrogen-bond donors (Lipinski definition) is 1. The van der Waals surface area contributed by atoms with Crippen LogP contribution in [0.1, 0.15) is 24.1 Å². The van der Waals surface area contributed by atoms with Crippen molar-refractivity contribution >= 4 is 38.5 Å². The molecule has 1 atom stereocenters. The molecule has 20 heavy (non-hydrogen) atoms. The molecule has 0 bridgehead atoms. The zero-order valence-corrected chi connectivity index (χ0v) is 14.9. The summed E-state index contributed by atoms with van der Waals surface area (Å²) in [6.45, 7) is 2.97. The third-order valence-corrected chi connectivity index (χ3v) is 4.26. The lowest BCUT2D eigenvalue weighted by molar-refractivity contribution is 0.546. The first-order valence-electron chi connectivity index (χ1n) is 6.52. The maximum Gasteiger partial charge on any atom is 0.124 e. The van der Waals surface area contributed by atoms with E-state index in [1.165, 1.54) is 15.2 Å². The molecule has 2 rings (SSSR count). The molecule has 2 aromatic carbocycles. The Morgan fingerprint density at radius 2 is 1.90 bits per heavy atom. The van der Waals surface area contributed by atoms with E-state index in [2.05, 4.69) is 75.0 Å². The standard InChI is InChI=1S/C16H16BrFIN/c1-2-20-16(12-3-5-15(19)6-4-12)9-11-7-13(17)10-14(18)8-11/h3-8,10,16,20H,2,9H2,1H3. The molecule has 0 fully saturated rings. The predicted octanol–water partition coefficient (Wildman–Crippen LogP) is 5.09. The average Bonchev–Trinajstić information content (AvgIpc) is 2.38. The zero-order valence-electron chi connectivity index (χ0n) is 11.2. The Labute approximate surface area is 141 Å². The molecule has 0 heterocycles. The van der Waals surface area contributed by atoms with Gasteiger partial charge in [0.25, 0.3) is 0 Å². The predicted molar refractivity (Wildman–Crippen MR) is 93.4 cm³/mol. The number of rotatable bonds is 5. The monoisotopic (exact) mass is 447 g/mol. The fourth-order valence-corrected chi connectivity index (χ4v) is 3.09. The van der Waals surface area contributed by atoms with E-state index in [-0.39, 0.29) is 11.9 Å². The van der Waals surface area contributed by atoms with Crippen LogP contribution in [0.4, 0.5) is 4.39 Å². The Kier molecular flexibility index (Phi) is 5.99. The fourth-order valence-electron chi connectivity index (χ4n) is 2.21. The van der Waals surface area contributed by atoms with Crippen molar-refractivity contribution in [3.8, 4) is 0 Å². The first-order valence-corrected chi connectivity index (χ1v) is 8.39. The Morgan fingerprint density at radius 1 is 1.20 bits per heavy atom. The fraction of sp³-hybridized carbons (Fsp3) is 0.250. The van der Waals surface area contributed by atoms with Crippen molar-refractivity contribution in [2.75, 3.05) is 6.54 Å². The molecule has 1 nitrogen and oxygen atoms in total. The van der Waals surface area contributed by atoms with Crippen LogP contribution in [0, 0.1) is 9.39 Å². The Hall–Kier alpha value is -0.460. The molecule has 106 valence electrons. The van der Waals surface area contributed by atoms with E-state index in [4.69, 9.17) is 0 Å². The Balaban J connectivity index is 2.22. The van der Waals surface area contributed by atoms with Gasteiger partial charge in [-0.3, -0.25) is 0 Å². The minimum atomic E-state index is -0.202. The lowest BCUT2D eigenvalue weighted by Crippen LogP contribution is -2.23. The van der Waals surface area contributed by atoms with Gasteiger partial charge >= 0.3 is 0 Å². The van der Waals surface area contributed by atoms with Crippen molar-refractivity contribution in [1.29, 1.82) is 0 Å². The normalized spacial score (nSPS) is 12.4. The summed E-state index contributed by atoms with van der Waals surface area (Å²) in [7, 11) is 0. The summed E-state index contributed by atoms with van der Waals surface area (Å²) in [5.41, 5.74) is 2.22. The molecule has 1 N–H and O–H groups in total. The van der Waals surface area contributed by atoms with Crippen LogP contribution < -0.4 is 5.32 Å². The molecule has 0 radical (unpaired) electrons. The van der Waals surface area contributed by atoms with E-state index in [9.17, 15) is 4.39 Å². The van der Waals surface area contributed by atoms with Crippen molar-refractivity contribution in [1.82, 2.24) is 5.32 Å². The van der Waals surface area contributed by atoms with Crippen LogP contribution in [-0.4, -0.2) is 6.54 Å². The van der Waals surface area contributed by atoms with E-state index >= 15 is 0 Å². The molecule has 0 saturated heterocycles. The van der Waals surface area contributed by atoms with Crippen LogP contribution in [-0.2, 0) is 6.42 Å². The molecule has 0 spiro atoms. The van der Waals surface area contributed by atoms with Gasteiger partial charge in [-0.15, -0.1) is 0 Å². The van der Waals surface area contributed by atoms with Crippen LogP contribution in [0.5, 0.6) is 0 Å². The van der Waals surface area contributed by atoms with Gasteiger partial charge in [-0.05, 0) is 77.0 Å². The molecule has 0 aromatic heterocycles. The quantitative estimate of drug-likeness (QED) is 0.629. The number of nitrogens with one attached hydrogen (secondary N) is 1. The second kappa shape index (κ2) is 7.52. The number of benzene rings is 2. The van der Waals surface area contributed by atoms with Gasteiger partial charge in [0, 0.05) is 14.1 Å². The lowest BCUT2D eigenvalue weighted by atomic mass is 9.99. The highest BCUT2D eigenvalue weighted by Gasteiger charge is 2.12. The molecule has 0 aliphatic rings. The van der Waals surface area contributed by atoms with Gasteiger partial charge in [0.1, 0.15) is 5.82 Å². The van der Waals surface area contributed by atoms with Crippen LogP contribution in [0.3, 0.4) is 0 Å². The maximum absolute atomic E-state index is 13.5. The Bertz CT molecular complexity index is 551. The van der Waals surface area contributed by atoms with E-state index in [0.29, 0.717) is 0 Å². The summed E-state index contributed by atoms with van der Waals surface area (Å²) in [6.07, 6.45) is 0.769. The van der Waals surface area contributed by atoms with Crippen LogP contribution in [0.2, 0.25) is 0 Å². The van der Waals surface area contributed by atoms with Gasteiger partial charge in [-0.1, -0.05) is 35.0 Å². The lowest BCUT2D eigenvalue weighted by Gasteiger charge is -2.19. The number of hydrogen-bond acceptors (Lipinski definition) is 1. The second-order valence-corrected chi connectivity index (χ2v) is 6.80. The summed E-state index contributed by atoms with van der Waals surface area (Å²) in [6, 6.07) is 13.7. The topological polar surface area (TPSA) is 12.0 Å². The van der Waals surface area contributed by atoms with Gasteiger partial charge in [-0.2, -0.15) is 0 Å². The first-order chi connectivity index (χ1) is 9.58. The van der Waals surface area contributed by atoms with Crippen molar-refractivity contribution in [3.63, 3.8) is 0 Å². The smallest absolute Gasteiger partial charge is 0.124 e. The largest absolute Gasteiger partial charge is 0.310 e. The minimum absolute atomic E-state index is 0.200. The van der Waals surface area contributed by atoms with Crippen LogP contribution in [0.25, 0.3) is 0 Å². The van der Waals surface area contributed by atoms with Gasteiger partial charge in [0.15, 0.2) is 0 Å². The molecule has 0 aliphatic heterocycles. The summed E-state index contributed by atoms with van der Waals surface area (Å²) in [4.78, 5) is 0. The molecule has 0 amide bonds. The molecule has 0 saturated carbocycles. The van der Waals surface area contributed by atoms with E-state index in [1.54, 1.807) is 6.07 Å². The first kappa shape index (κ1) is 15.9. The van der Waals surface area contributed by atoms with Crippen molar-refractivity contribution in [2.24, 2.45) is 0 Å². The third kappa shape index (κ3) is 4.53. The highest BCUT2D eigenvalue weighted by Crippen LogP contribution is 2.22. The van der Waals surface area contributed by atoms with Crippen molar-refractivity contribution in [3.05, 3.63) is 67.5 Å². The summed E-state index contributed by atoms with van der Waals surface area (Å²) < 4.78 is 15.5. The van der Waals surface area contributed by atoms with Crippen molar-refractivity contribution in [2.45, 2.75) is 19.4 Å². The van der Waals surface area contributed by atoms with Crippen LogP contribution in [0.15, 0.2) is 46.9 Å². The summed E-state index contributed by atoms with van der Waals surface area (Å²) in [5.74, 6) is -0.202. The highest BCUT2D eigenvalue weighted by molar-refractivity contribution is 14.1.